The van der Waals surface area contributed by atoms with Crippen LogP contribution < -0.4 is 10.6 Å². The van der Waals surface area contributed by atoms with E-state index in [0.717, 1.165) is 45.2 Å². The van der Waals surface area contributed by atoms with E-state index in [4.69, 9.17) is 4.74 Å². The molecule has 0 saturated carbocycles. The molecule has 0 unspecified atom stereocenters. The van der Waals surface area contributed by atoms with Crippen molar-refractivity contribution in [1.29, 1.82) is 0 Å². The molecule has 0 amide bonds. The van der Waals surface area contributed by atoms with Gasteiger partial charge in [0.1, 0.15) is 0 Å². The van der Waals surface area contributed by atoms with E-state index in [0.29, 0.717) is 0 Å². The molecule has 0 aliphatic heterocycles. The molecule has 1 heterocycles. The van der Waals surface area contributed by atoms with E-state index in [9.17, 15) is 0 Å². The lowest BCUT2D eigenvalue weighted by Gasteiger charge is -2.12. The lowest BCUT2D eigenvalue weighted by Crippen LogP contribution is -2.40. The van der Waals surface area contributed by atoms with Crippen LogP contribution in [0.4, 0.5) is 0 Å². The Hall–Kier alpha value is -0.760. The molecule has 0 spiro atoms. The Balaban J connectivity index is 0.00000361. The Morgan fingerprint density at radius 1 is 1.15 bits per heavy atom. The van der Waals surface area contributed by atoms with Crippen molar-refractivity contribution in [3.63, 3.8) is 0 Å². The molecule has 116 valence electrons. The van der Waals surface area contributed by atoms with Crippen LogP contribution in [0.3, 0.4) is 0 Å². The van der Waals surface area contributed by atoms with E-state index in [1.807, 2.05) is 12.1 Å². The fraction of sp³-hybridized carbons (Fsp3) is 0.643. The lowest BCUT2D eigenvalue weighted by molar-refractivity contribution is 0.136. The molecule has 5 nitrogen and oxygen atoms in total. The maximum absolute atomic E-state index is 5.48. The summed E-state index contributed by atoms with van der Waals surface area (Å²) < 4.78 is 7.62. The first-order chi connectivity index (χ1) is 9.36. The molecular weight excluding hydrogens is 367 g/mol. The Bertz CT molecular complexity index is 341. The van der Waals surface area contributed by atoms with Gasteiger partial charge in [-0.1, -0.05) is 13.3 Å². The number of guanidine groups is 1. The second-order valence-electron chi connectivity index (χ2n) is 4.31. The van der Waals surface area contributed by atoms with Gasteiger partial charge in [-0.3, -0.25) is 4.99 Å². The number of aromatic nitrogens is 1. The highest BCUT2D eigenvalue weighted by molar-refractivity contribution is 14.0. The molecule has 0 fully saturated rings. The van der Waals surface area contributed by atoms with E-state index in [-0.39, 0.29) is 24.0 Å². The minimum absolute atomic E-state index is 0. The van der Waals surface area contributed by atoms with Gasteiger partial charge in [0.15, 0.2) is 5.96 Å². The molecule has 0 atom stereocenters. The van der Waals surface area contributed by atoms with E-state index >= 15 is 0 Å². The summed E-state index contributed by atoms with van der Waals surface area (Å²) in [4.78, 5) is 4.17. The first-order valence-electron chi connectivity index (χ1n) is 7.00. The number of aliphatic imine (C=N–C) groups is 1. The Labute approximate surface area is 139 Å². The van der Waals surface area contributed by atoms with Gasteiger partial charge in [-0.2, -0.15) is 0 Å². The van der Waals surface area contributed by atoms with Gasteiger partial charge in [0, 0.05) is 45.7 Å². The third-order valence-electron chi connectivity index (χ3n) is 2.73. The molecule has 1 aromatic rings. The summed E-state index contributed by atoms with van der Waals surface area (Å²) in [5, 5.41) is 6.50. The van der Waals surface area contributed by atoms with Gasteiger partial charge >= 0.3 is 0 Å². The number of nitrogens with zero attached hydrogens (tertiary/aromatic N) is 2. The van der Waals surface area contributed by atoms with Gasteiger partial charge in [0.25, 0.3) is 0 Å². The van der Waals surface area contributed by atoms with Crippen LogP contribution in [0.5, 0.6) is 0 Å². The second-order valence-corrected chi connectivity index (χ2v) is 4.31. The molecule has 0 aromatic carbocycles. The van der Waals surface area contributed by atoms with Crippen LogP contribution in [0.15, 0.2) is 29.5 Å². The molecular formula is C14H27IN4O. The predicted octanol–water partition coefficient (Wildman–Crippen LogP) is 2.09. The number of hydrogen-bond donors (Lipinski definition) is 2. The summed E-state index contributed by atoms with van der Waals surface area (Å²) in [6.07, 6.45) is 6.42. The number of halogens is 1. The minimum atomic E-state index is 0. The van der Waals surface area contributed by atoms with Gasteiger partial charge in [0.05, 0.1) is 6.61 Å². The monoisotopic (exact) mass is 394 g/mol. The van der Waals surface area contributed by atoms with Crippen molar-refractivity contribution in [2.24, 2.45) is 4.99 Å². The standard InChI is InChI=1S/C14H26N4O.HI/c1-3-4-12-19-13-8-17-14(15-2)16-7-11-18-9-5-6-10-18;/h5-6,9-10H,3-4,7-8,11-13H2,1-2H3,(H2,15,16,17);1H. The van der Waals surface area contributed by atoms with Crippen molar-refractivity contribution in [3.05, 3.63) is 24.5 Å². The van der Waals surface area contributed by atoms with Crippen LogP contribution in [0.2, 0.25) is 0 Å². The van der Waals surface area contributed by atoms with Crippen LogP contribution in [0.25, 0.3) is 0 Å². The van der Waals surface area contributed by atoms with E-state index in [1.165, 1.54) is 6.42 Å². The minimum Gasteiger partial charge on any atom is -0.380 e. The van der Waals surface area contributed by atoms with Crippen molar-refractivity contribution >= 4 is 29.9 Å². The molecule has 0 saturated heterocycles. The highest BCUT2D eigenvalue weighted by Crippen LogP contribution is 1.88. The quantitative estimate of drug-likeness (QED) is 0.292. The first-order valence-corrected chi connectivity index (χ1v) is 7.00. The van der Waals surface area contributed by atoms with E-state index < -0.39 is 0 Å². The molecule has 1 aromatic heterocycles. The normalized spacial score (nSPS) is 11.0. The number of nitrogens with one attached hydrogen (secondary N) is 2. The smallest absolute Gasteiger partial charge is 0.191 e. The zero-order chi connectivity index (χ0) is 13.8. The average Bonchev–Trinajstić information content (AvgIpc) is 2.93. The first kappa shape index (κ1) is 19.2. The van der Waals surface area contributed by atoms with Gasteiger partial charge in [0.2, 0.25) is 0 Å². The molecule has 0 aliphatic carbocycles. The maximum atomic E-state index is 5.48. The number of unbranched alkanes of at least 4 members (excludes halogenated alkanes) is 1. The summed E-state index contributed by atoms with van der Waals surface area (Å²) >= 11 is 0. The Kier molecular flexibility index (Phi) is 12.7. The third-order valence-corrected chi connectivity index (χ3v) is 2.73. The van der Waals surface area contributed by atoms with Gasteiger partial charge < -0.3 is 19.9 Å². The van der Waals surface area contributed by atoms with E-state index in [1.54, 1.807) is 7.05 Å². The van der Waals surface area contributed by atoms with Crippen LogP contribution in [0, 0.1) is 0 Å². The SMILES string of the molecule is CCCCOCCNC(=NC)NCCn1cccc1.I. The summed E-state index contributed by atoms with van der Waals surface area (Å²) in [5.41, 5.74) is 0. The third kappa shape index (κ3) is 9.19. The molecule has 0 aliphatic rings. The molecule has 1 rings (SSSR count). The van der Waals surface area contributed by atoms with Crippen LogP contribution >= 0.6 is 24.0 Å². The van der Waals surface area contributed by atoms with Gasteiger partial charge in [-0.25, -0.2) is 0 Å². The van der Waals surface area contributed by atoms with Crippen molar-refractivity contribution in [1.82, 2.24) is 15.2 Å². The zero-order valence-corrected chi connectivity index (χ0v) is 14.8. The Morgan fingerprint density at radius 2 is 1.85 bits per heavy atom. The largest absolute Gasteiger partial charge is 0.380 e. The fourth-order valence-corrected chi connectivity index (χ4v) is 1.63. The van der Waals surface area contributed by atoms with Crippen LogP contribution in [-0.4, -0.2) is 43.9 Å². The molecule has 6 heteroatoms. The molecule has 0 radical (unpaired) electrons. The predicted molar refractivity (Wildman–Crippen MR) is 94.9 cm³/mol. The van der Waals surface area contributed by atoms with Gasteiger partial charge in [-0.05, 0) is 18.6 Å². The summed E-state index contributed by atoms with van der Waals surface area (Å²) in [7, 11) is 1.78. The van der Waals surface area contributed by atoms with Crippen molar-refractivity contribution < 1.29 is 4.74 Å². The number of rotatable bonds is 9. The van der Waals surface area contributed by atoms with Crippen LogP contribution in [-0.2, 0) is 11.3 Å². The fourth-order valence-electron chi connectivity index (χ4n) is 1.63. The lowest BCUT2D eigenvalue weighted by atomic mass is 10.4. The average molecular weight is 394 g/mol. The maximum Gasteiger partial charge on any atom is 0.191 e. The Morgan fingerprint density at radius 3 is 2.50 bits per heavy atom. The number of ether oxygens (including phenoxy) is 1. The van der Waals surface area contributed by atoms with Crippen molar-refractivity contribution in [2.75, 3.05) is 33.4 Å². The summed E-state index contributed by atoms with van der Waals surface area (Å²) in [6.45, 7) is 6.30. The number of hydrogen-bond acceptors (Lipinski definition) is 2. The highest BCUT2D eigenvalue weighted by atomic mass is 127. The van der Waals surface area contributed by atoms with Crippen molar-refractivity contribution in [2.45, 2.75) is 26.3 Å². The summed E-state index contributed by atoms with van der Waals surface area (Å²) in [5.74, 6) is 0.825. The highest BCUT2D eigenvalue weighted by Gasteiger charge is 1.96. The van der Waals surface area contributed by atoms with Crippen molar-refractivity contribution in [3.8, 4) is 0 Å². The summed E-state index contributed by atoms with van der Waals surface area (Å²) in [6, 6.07) is 4.06. The van der Waals surface area contributed by atoms with Crippen LogP contribution in [0.1, 0.15) is 19.8 Å². The second kappa shape index (κ2) is 13.2. The molecule has 2 N–H and O–H groups in total. The van der Waals surface area contributed by atoms with Gasteiger partial charge in [-0.15, -0.1) is 24.0 Å². The zero-order valence-electron chi connectivity index (χ0n) is 12.5. The van der Waals surface area contributed by atoms with E-state index in [2.05, 4.69) is 39.5 Å². The topological polar surface area (TPSA) is 50.6 Å². The molecule has 20 heavy (non-hydrogen) atoms. The molecule has 0 bridgehead atoms.